The smallest absolute Gasteiger partial charge is 0.248 e. The minimum atomic E-state index is -0.726. The molecule has 0 spiro atoms. The third-order valence-corrected chi connectivity index (χ3v) is 7.00. The molecular weight excluding hydrogens is 394 g/mol. The molecule has 1 aromatic carbocycles. The molecule has 4 rings (SSSR count). The van der Waals surface area contributed by atoms with Gasteiger partial charge in [-0.3, -0.25) is 9.59 Å². The highest BCUT2D eigenvalue weighted by molar-refractivity contribution is 5.91. The van der Waals surface area contributed by atoms with Crippen molar-refractivity contribution in [2.24, 2.45) is 0 Å². The summed E-state index contributed by atoms with van der Waals surface area (Å²) in [7, 11) is 3.29. The summed E-state index contributed by atoms with van der Waals surface area (Å²) >= 11 is 0. The first-order chi connectivity index (χ1) is 15.0. The molecule has 2 aromatic rings. The Kier molecular flexibility index (Phi) is 6.31. The summed E-state index contributed by atoms with van der Waals surface area (Å²) in [6.07, 6.45) is 2.55. The van der Waals surface area contributed by atoms with E-state index in [-0.39, 0.29) is 29.8 Å². The molecule has 2 aliphatic heterocycles. The van der Waals surface area contributed by atoms with Crippen molar-refractivity contribution in [2.75, 3.05) is 27.2 Å². The third-order valence-electron chi connectivity index (χ3n) is 7.00. The van der Waals surface area contributed by atoms with Gasteiger partial charge in [0.2, 0.25) is 11.8 Å². The molecule has 0 aliphatic carbocycles. The molecule has 2 aliphatic rings. The fraction of sp³-hybridized carbons (Fsp3) is 0.565. The van der Waals surface area contributed by atoms with Crippen LogP contribution in [0.15, 0.2) is 30.5 Å². The second-order valence-corrected chi connectivity index (χ2v) is 8.66. The largest absolute Gasteiger partial charge is 0.379 e. The SMILES string of the molecule is CN[C@@H](C)C(=O)N[C@H](C(=O)N1CCC2NC[C@H](c3c[nH]c4ccccc34)[C@H]21)C(C)OC. The number of para-hydroxylation sites is 1. The van der Waals surface area contributed by atoms with E-state index in [9.17, 15) is 9.59 Å². The third kappa shape index (κ3) is 3.95. The Morgan fingerprint density at radius 1 is 1.26 bits per heavy atom. The molecule has 6 atom stereocenters. The topological polar surface area (TPSA) is 98.5 Å². The lowest BCUT2D eigenvalue weighted by molar-refractivity contribution is -0.141. The Morgan fingerprint density at radius 2 is 2.03 bits per heavy atom. The number of aromatic nitrogens is 1. The number of nitrogens with zero attached hydrogens (tertiary/aromatic N) is 1. The number of rotatable bonds is 7. The van der Waals surface area contributed by atoms with Gasteiger partial charge in [0, 0.05) is 49.3 Å². The Morgan fingerprint density at radius 3 is 2.77 bits per heavy atom. The lowest BCUT2D eigenvalue weighted by atomic mass is 9.91. The second kappa shape index (κ2) is 8.98. The van der Waals surface area contributed by atoms with Gasteiger partial charge < -0.3 is 30.6 Å². The summed E-state index contributed by atoms with van der Waals surface area (Å²) in [5.74, 6) is -0.0942. The number of hydrogen-bond donors (Lipinski definition) is 4. The maximum atomic E-state index is 13.7. The number of benzene rings is 1. The lowest BCUT2D eigenvalue weighted by Crippen LogP contribution is -2.58. The van der Waals surface area contributed by atoms with Crippen LogP contribution in [0.5, 0.6) is 0 Å². The van der Waals surface area contributed by atoms with E-state index in [4.69, 9.17) is 4.74 Å². The van der Waals surface area contributed by atoms with E-state index >= 15 is 0 Å². The fourth-order valence-corrected chi connectivity index (χ4v) is 4.99. The number of hydrogen-bond acceptors (Lipinski definition) is 5. The summed E-state index contributed by atoms with van der Waals surface area (Å²) in [6.45, 7) is 5.09. The monoisotopic (exact) mass is 427 g/mol. The normalized spacial score (nSPS) is 25.9. The summed E-state index contributed by atoms with van der Waals surface area (Å²) in [4.78, 5) is 31.6. The summed E-state index contributed by atoms with van der Waals surface area (Å²) in [5.41, 5.74) is 2.34. The van der Waals surface area contributed by atoms with Crippen molar-refractivity contribution in [3.8, 4) is 0 Å². The molecule has 2 saturated heterocycles. The van der Waals surface area contributed by atoms with Crippen LogP contribution in [0.4, 0.5) is 0 Å². The van der Waals surface area contributed by atoms with Crippen LogP contribution in [0.1, 0.15) is 31.7 Å². The van der Waals surface area contributed by atoms with Crippen LogP contribution in [-0.4, -0.2) is 79.2 Å². The van der Waals surface area contributed by atoms with E-state index in [1.54, 1.807) is 21.1 Å². The van der Waals surface area contributed by atoms with Crippen LogP contribution >= 0.6 is 0 Å². The Labute approximate surface area is 183 Å². The molecule has 0 saturated carbocycles. The van der Waals surface area contributed by atoms with E-state index in [0.29, 0.717) is 6.54 Å². The van der Waals surface area contributed by atoms with Gasteiger partial charge in [0.1, 0.15) is 6.04 Å². The van der Waals surface area contributed by atoms with Gasteiger partial charge in [0.05, 0.1) is 18.2 Å². The maximum absolute atomic E-state index is 13.7. The molecule has 8 nitrogen and oxygen atoms in total. The Balaban J connectivity index is 1.60. The van der Waals surface area contributed by atoms with Crippen LogP contribution in [0.3, 0.4) is 0 Å². The van der Waals surface area contributed by atoms with Gasteiger partial charge >= 0.3 is 0 Å². The number of carbonyl (C=O) groups is 2. The number of carbonyl (C=O) groups excluding carboxylic acids is 2. The molecule has 0 radical (unpaired) electrons. The first-order valence-corrected chi connectivity index (χ1v) is 11.1. The highest BCUT2D eigenvalue weighted by Crippen LogP contribution is 2.39. The number of ether oxygens (including phenoxy) is 1. The number of likely N-dealkylation sites (tertiary alicyclic amines) is 1. The molecule has 0 bridgehead atoms. The molecule has 168 valence electrons. The van der Waals surface area contributed by atoms with Gasteiger partial charge in [-0.2, -0.15) is 0 Å². The number of fused-ring (bicyclic) bond motifs is 2. The Hall–Kier alpha value is -2.42. The zero-order chi connectivity index (χ0) is 22.1. The highest BCUT2D eigenvalue weighted by atomic mass is 16.5. The number of nitrogens with one attached hydrogen (secondary N) is 4. The molecule has 4 N–H and O–H groups in total. The first-order valence-electron chi connectivity index (χ1n) is 11.1. The standard InChI is InChI=1S/C23H33N5O3/c1-13(24-3)22(29)27-20(14(2)31-4)23(30)28-10-9-19-21(28)17(12-26-19)16-11-25-18-8-6-5-7-15(16)18/h5-8,11,13-14,17,19-21,24-26H,9-10,12H2,1-4H3,(H,27,29)/t13-,14?,17+,19?,20-,21+/m0/s1. The van der Waals surface area contributed by atoms with Gasteiger partial charge in [-0.05, 0) is 38.9 Å². The van der Waals surface area contributed by atoms with Crippen LogP contribution in [0.2, 0.25) is 0 Å². The molecule has 2 fully saturated rings. The predicted octanol–water partition coefficient (Wildman–Crippen LogP) is 0.952. The number of likely N-dealkylation sites (N-methyl/N-ethyl adjacent to an activating group) is 1. The summed E-state index contributed by atoms with van der Waals surface area (Å²) < 4.78 is 5.47. The predicted molar refractivity (Wildman–Crippen MR) is 120 cm³/mol. The van der Waals surface area contributed by atoms with Crippen molar-refractivity contribution in [2.45, 2.75) is 56.5 Å². The van der Waals surface area contributed by atoms with Crippen molar-refractivity contribution < 1.29 is 14.3 Å². The fourth-order valence-electron chi connectivity index (χ4n) is 4.99. The van der Waals surface area contributed by atoms with Crippen LogP contribution in [0, 0.1) is 0 Å². The zero-order valence-corrected chi connectivity index (χ0v) is 18.6. The summed E-state index contributed by atoms with van der Waals surface area (Å²) in [6, 6.07) is 7.47. The molecule has 2 amide bonds. The van der Waals surface area contributed by atoms with Gasteiger partial charge in [0.25, 0.3) is 0 Å². The molecule has 8 heteroatoms. The van der Waals surface area contributed by atoms with E-state index in [1.165, 1.54) is 10.9 Å². The van der Waals surface area contributed by atoms with Gasteiger partial charge in [-0.25, -0.2) is 0 Å². The quantitative estimate of drug-likeness (QED) is 0.528. The number of amides is 2. The average Bonchev–Trinajstić information content (AvgIpc) is 3.50. The van der Waals surface area contributed by atoms with Gasteiger partial charge in [-0.15, -0.1) is 0 Å². The van der Waals surface area contributed by atoms with Gasteiger partial charge in [-0.1, -0.05) is 18.2 Å². The molecule has 1 aromatic heterocycles. The van der Waals surface area contributed by atoms with E-state index in [0.717, 1.165) is 18.5 Å². The number of aromatic amines is 1. The van der Waals surface area contributed by atoms with Gasteiger partial charge in [0.15, 0.2) is 0 Å². The summed E-state index contributed by atoms with van der Waals surface area (Å²) in [5, 5.41) is 10.7. The van der Waals surface area contributed by atoms with Crippen molar-refractivity contribution in [3.05, 3.63) is 36.0 Å². The highest BCUT2D eigenvalue weighted by Gasteiger charge is 2.49. The molecule has 3 heterocycles. The van der Waals surface area contributed by atoms with Crippen molar-refractivity contribution in [1.82, 2.24) is 25.8 Å². The zero-order valence-electron chi connectivity index (χ0n) is 18.6. The number of methoxy groups -OCH3 is 1. The Bertz CT molecular complexity index is 944. The molecule has 31 heavy (non-hydrogen) atoms. The van der Waals surface area contributed by atoms with Crippen LogP contribution in [-0.2, 0) is 14.3 Å². The van der Waals surface area contributed by atoms with E-state index in [1.807, 2.05) is 24.0 Å². The first kappa shape index (κ1) is 21.8. The lowest BCUT2D eigenvalue weighted by Gasteiger charge is -2.34. The van der Waals surface area contributed by atoms with Crippen molar-refractivity contribution in [3.63, 3.8) is 0 Å². The molecule has 2 unspecified atom stereocenters. The number of H-pyrrole nitrogens is 1. The van der Waals surface area contributed by atoms with E-state index in [2.05, 4.69) is 39.3 Å². The minimum Gasteiger partial charge on any atom is -0.379 e. The van der Waals surface area contributed by atoms with Crippen molar-refractivity contribution in [1.29, 1.82) is 0 Å². The van der Waals surface area contributed by atoms with Crippen LogP contribution < -0.4 is 16.0 Å². The average molecular weight is 428 g/mol. The van der Waals surface area contributed by atoms with Crippen molar-refractivity contribution >= 4 is 22.7 Å². The maximum Gasteiger partial charge on any atom is 0.248 e. The molecular formula is C23H33N5O3. The second-order valence-electron chi connectivity index (χ2n) is 8.66. The van der Waals surface area contributed by atoms with E-state index < -0.39 is 18.2 Å². The van der Waals surface area contributed by atoms with Crippen LogP contribution in [0.25, 0.3) is 10.9 Å². The minimum absolute atomic E-state index is 0.0527.